The fourth-order valence-corrected chi connectivity index (χ4v) is 3.57. The fraction of sp³-hybridized carbons (Fsp3) is 0.130. The van der Waals surface area contributed by atoms with Crippen molar-refractivity contribution >= 4 is 22.6 Å². The molecule has 0 aliphatic carbocycles. The number of carbonyl (C=O) groups excluding carboxylic acids is 1. The molecule has 1 atom stereocenters. The number of benzene rings is 2. The lowest BCUT2D eigenvalue weighted by Crippen LogP contribution is -2.33. The molecule has 0 unspecified atom stereocenters. The van der Waals surface area contributed by atoms with Crippen molar-refractivity contribution in [3.8, 4) is 0 Å². The van der Waals surface area contributed by atoms with Gasteiger partial charge in [-0.15, -0.1) is 0 Å². The number of H-pyrrole nitrogens is 1. The van der Waals surface area contributed by atoms with E-state index >= 15 is 0 Å². The van der Waals surface area contributed by atoms with Gasteiger partial charge in [-0.1, -0.05) is 36.4 Å². The number of alkyl halides is 3. The predicted octanol–water partition coefficient (Wildman–Crippen LogP) is 5.54. The van der Waals surface area contributed by atoms with Crippen LogP contribution in [0.1, 0.15) is 22.6 Å². The first-order valence-electron chi connectivity index (χ1n) is 9.60. The van der Waals surface area contributed by atoms with Crippen LogP contribution in [0.25, 0.3) is 10.9 Å². The molecule has 4 aromatic rings. The number of nitrogens with one attached hydrogen (secondary N) is 3. The quantitative estimate of drug-likeness (QED) is 0.394. The summed E-state index contributed by atoms with van der Waals surface area (Å²) >= 11 is 0. The summed E-state index contributed by atoms with van der Waals surface area (Å²) in [6, 6.07) is 15.6. The highest BCUT2D eigenvalue weighted by Crippen LogP contribution is 2.34. The number of fused-ring (bicyclic) bond motifs is 1. The summed E-state index contributed by atoms with van der Waals surface area (Å²) in [6.45, 7) is 0.174. The van der Waals surface area contributed by atoms with E-state index in [1.807, 2.05) is 36.5 Å². The van der Waals surface area contributed by atoms with Gasteiger partial charge in [0, 0.05) is 42.0 Å². The fourth-order valence-electron chi connectivity index (χ4n) is 3.57. The Labute approximate surface area is 176 Å². The number of amides is 2. The van der Waals surface area contributed by atoms with E-state index in [1.54, 1.807) is 18.5 Å². The smallest absolute Gasteiger partial charge is 0.361 e. The Morgan fingerprint density at radius 3 is 2.58 bits per heavy atom. The number of halogens is 3. The van der Waals surface area contributed by atoms with Crippen molar-refractivity contribution in [2.24, 2.45) is 0 Å². The van der Waals surface area contributed by atoms with Crippen LogP contribution >= 0.6 is 0 Å². The second-order valence-corrected chi connectivity index (χ2v) is 7.01. The molecule has 0 fully saturated rings. The van der Waals surface area contributed by atoms with Crippen LogP contribution in [0.3, 0.4) is 0 Å². The van der Waals surface area contributed by atoms with Crippen molar-refractivity contribution in [2.75, 3.05) is 11.9 Å². The number of carbonyl (C=O) groups is 1. The van der Waals surface area contributed by atoms with E-state index in [0.29, 0.717) is 0 Å². The summed E-state index contributed by atoms with van der Waals surface area (Å²) in [5.41, 5.74) is 1.60. The largest absolute Gasteiger partial charge is 0.418 e. The summed E-state index contributed by atoms with van der Waals surface area (Å²) < 4.78 is 39.6. The molecule has 31 heavy (non-hydrogen) atoms. The minimum atomic E-state index is -4.56. The monoisotopic (exact) mass is 424 g/mol. The summed E-state index contributed by atoms with van der Waals surface area (Å²) in [5.74, 6) is -0.242. The molecule has 0 spiro atoms. The highest BCUT2D eigenvalue weighted by atomic mass is 19.4. The molecule has 8 heteroatoms. The van der Waals surface area contributed by atoms with Gasteiger partial charge in [0.2, 0.25) is 0 Å². The van der Waals surface area contributed by atoms with Gasteiger partial charge in [-0.25, -0.2) is 4.79 Å². The van der Waals surface area contributed by atoms with Crippen LogP contribution in [0.2, 0.25) is 0 Å². The summed E-state index contributed by atoms with van der Waals surface area (Å²) in [6.07, 6.45) is 0.683. The number of pyridine rings is 1. The Hall–Kier alpha value is -3.81. The molecule has 2 aromatic carbocycles. The Morgan fingerprint density at radius 1 is 1.03 bits per heavy atom. The molecule has 0 radical (unpaired) electrons. The molecular weight excluding hydrogens is 405 g/mol. The van der Waals surface area contributed by atoms with E-state index in [1.165, 1.54) is 18.2 Å². The zero-order valence-electron chi connectivity index (χ0n) is 16.3. The molecule has 0 aliphatic rings. The van der Waals surface area contributed by atoms with Crippen molar-refractivity contribution in [2.45, 2.75) is 12.1 Å². The minimum absolute atomic E-state index is 0.174. The molecule has 5 nitrogen and oxygen atoms in total. The van der Waals surface area contributed by atoms with Crippen LogP contribution in [0.4, 0.5) is 23.7 Å². The first-order valence-corrected chi connectivity index (χ1v) is 9.60. The van der Waals surface area contributed by atoms with Gasteiger partial charge in [-0.3, -0.25) is 4.98 Å². The van der Waals surface area contributed by atoms with Crippen molar-refractivity contribution in [3.05, 3.63) is 95.9 Å². The maximum Gasteiger partial charge on any atom is 0.418 e. The van der Waals surface area contributed by atoms with Crippen LogP contribution in [0.15, 0.2) is 79.3 Å². The molecule has 2 aromatic heterocycles. The van der Waals surface area contributed by atoms with E-state index in [-0.39, 0.29) is 18.2 Å². The van der Waals surface area contributed by atoms with Gasteiger partial charge in [-0.05, 0) is 35.4 Å². The van der Waals surface area contributed by atoms with Crippen molar-refractivity contribution in [3.63, 3.8) is 0 Å². The third-order valence-electron chi connectivity index (χ3n) is 5.03. The highest BCUT2D eigenvalue weighted by molar-refractivity contribution is 5.90. The molecule has 0 saturated carbocycles. The topological polar surface area (TPSA) is 69.8 Å². The van der Waals surface area contributed by atoms with Gasteiger partial charge in [-0.2, -0.15) is 13.2 Å². The first-order chi connectivity index (χ1) is 14.9. The zero-order chi connectivity index (χ0) is 21.8. The summed E-state index contributed by atoms with van der Waals surface area (Å²) in [4.78, 5) is 19.8. The second-order valence-electron chi connectivity index (χ2n) is 7.01. The average Bonchev–Trinajstić information content (AvgIpc) is 3.18. The van der Waals surface area contributed by atoms with Gasteiger partial charge in [0.1, 0.15) is 0 Å². The molecule has 0 bridgehead atoms. The lowest BCUT2D eigenvalue weighted by Gasteiger charge is -2.19. The van der Waals surface area contributed by atoms with Gasteiger partial charge in [0.05, 0.1) is 11.3 Å². The van der Waals surface area contributed by atoms with Crippen LogP contribution in [0.5, 0.6) is 0 Å². The van der Waals surface area contributed by atoms with Crippen molar-refractivity contribution in [1.29, 1.82) is 0 Å². The predicted molar refractivity (Wildman–Crippen MR) is 113 cm³/mol. The Morgan fingerprint density at radius 2 is 1.81 bits per heavy atom. The maximum absolute atomic E-state index is 13.2. The zero-order valence-corrected chi connectivity index (χ0v) is 16.3. The SMILES string of the molecule is O=C(NC[C@@H](c1cccnc1)c1c[nH]c2ccccc12)Nc1ccccc1C(F)(F)F. The number of aromatic amines is 1. The Balaban J connectivity index is 1.56. The number of hydrogen-bond acceptors (Lipinski definition) is 2. The van der Waals surface area contributed by atoms with Gasteiger partial charge in [0.25, 0.3) is 0 Å². The molecule has 0 saturated heterocycles. The van der Waals surface area contributed by atoms with E-state index in [4.69, 9.17) is 0 Å². The van der Waals surface area contributed by atoms with Gasteiger partial charge in [0.15, 0.2) is 0 Å². The molecule has 2 amide bonds. The van der Waals surface area contributed by atoms with Crippen molar-refractivity contribution in [1.82, 2.24) is 15.3 Å². The summed E-state index contributed by atoms with van der Waals surface area (Å²) in [5, 5.41) is 6.02. The van der Waals surface area contributed by atoms with Crippen LogP contribution in [-0.4, -0.2) is 22.5 Å². The number of anilines is 1. The molecular formula is C23H19F3N4O. The normalized spacial score (nSPS) is 12.5. The number of para-hydroxylation sites is 2. The second kappa shape index (κ2) is 8.51. The number of aromatic nitrogens is 2. The van der Waals surface area contributed by atoms with Gasteiger partial charge < -0.3 is 15.6 Å². The molecule has 0 aliphatic heterocycles. The highest BCUT2D eigenvalue weighted by Gasteiger charge is 2.33. The van der Waals surface area contributed by atoms with E-state index in [2.05, 4.69) is 20.6 Å². The standard InChI is InChI=1S/C23H19F3N4O/c24-23(25,26)19-8-2-4-10-21(19)30-22(31)29-13-17(15-6-5-11-27-12-15)18-14-28-20-9-3-1-7-16(18)20/h1-12,14,17,28H,13H2,(H2,29,30,31)/t17-/m0/s1. The lowest BCUT2D eigenvalue weighted by atomic mass is 9.92. The Bertz CT molecular complexity index is 1190. The number of rotatable bonds is 5. The van der Waals surface area contributed by atoms with Crippen molar-refractivity contribution < 1.29 is 18.0 Å². The molecule has 3 N–H and O–H groups in total. The number of urea groups is 1. The van der Waals surface area contributed by atoms with Crippen LogP contribution in [0, 0.1) is 0 Å². The number of nitrogens with zero attached hydrogens (tertiary/aromatic N) is 1. The molecule has 4 rings (SSSR count). The lowest BCUT2D eigenvalue weighted by molar-refractivity contribution is -0.136. The average molecular weight is 424 g/mol. The van der Waals surface area contributed by atoms with E-state index in [9.17, 15) is 18.0 Å². The first kappa shape index (κ1) is 20.5. The number of hydrogen-bond donors (Lipinski definition) is 3. The minimum Gasteiger partial charge on any atom is -0.361 e. The summed E-state index contributed by atoms with van der Waals surface area (Å²) in [7, 11) is 0. The Kier molecular flexibility index (Phi) is 5.62. The third-order valence-corrected chi connectivity index (χ3v) is 5.03. The van der Waals surface area contributed by atoms with E-state index < -0.39 is 17.8 Å². The van der Waals surface area contributed by atoms with Gasteiger partial charge >= 0.3 is 12.2 Å². The maximum atomic E-state index is 13.2. The third kappa shape index (κ3) is 4.53. The molecule has 2 heterocycles. The molecule has 158 valence electrons. The van der Waals surface area contributed by atoms with E-state index in [0.717, 1.165) is 28.1 Å². The van der Waals surface area contributed by atoms with Crippen LogP contribution in [-0.2, 0) is 6.18 Å². The van der Waals surface area contributed by atoms with Crippen LogP contribution < -0.4 is 10.6 Å².